The van der Waals surface area contributed by atoms with Gasteiger partial charge in [-0.1, -0.05) is 18.2 Å². The Kier molecular flexibility index (Phi) is 5.83. The number of hydrogen-bond donors (Lipinski definition) is 1. The summed E-state index contributed by atoms with van der Waals surface area (Å²) in [7, 11) is -5.94. The number of carbonyl (C=O) groups is 2. The van der Waals surface area contributed by atoms with Crippen molar-refractivity contribution in [2.24, 2.45) is 17.8 Å². The smallest absolute Gasteiger partial charge is 0.344 e. The minimum Gasteiger partial charge on any atom is -0.344 e. The molecule has 0 atom stereocenters. The predicted octanol–water partition coefficient (Wildman–Crippen LogP) is 3.91. The third-order valence-corrected chi connectivity index (χ3v) is 8.11. The maximum absolute atomic E-state index is 14.6. The zero-order chi connectivity index (χ0) is 24.2. The summed E-state index contributed by atoms with van der Waals surface area (Å²) in [5.74, 6) is -2.63. The van der Waals surface area contributed by atoms with Crippen molar-refractivity contribution in [3.63, 3.8) is 0 Å². The molecular formula is C21H22F5NO5S. The average molecular weight is 495 g/mol. The van der Waals surface area contributed by atoms with E-state index in [0.29, 0.717) is 43.1 Å². The van der Waals surface area contributed by atoms with Crippen molar-refractivity contribution in [3.8, 4) is 0 Å². The lowest BCUT2D eigenvalue weighted by atomic mass is 9.53. The second-order valence-corrected chi connectivity index (χ2v) is 11.0. The van der Waals surface area contributed by atoms with E-state index in [4.69, 9.17) is 0 Å². The zero-order valence-corrected chi connectivity index (χ0v) is 18.1. The van der Waals surface area contributed by atoms with Crippen molar-refractivity contribution in [3.05, 3.63) is 35.4 Å². The van der Waals surface area contributed by atoms with E-state index < -0.39 is 56.5 Å². The number of amides is 1. The lowest BCUT2D eigenvalue weighted by Gasteiger charge is -2.57. The fourth-order valence-corrected chi connectivity index (χ4v) is 6.64. The molecule has 1 amide bonds. The van der Waals surface area contributed by atoms with Gasteiger partial charge in [0.1, 0.15) is 6.61 Å². The second kappa shape index (κ2) is 8.00. The molecule has 1 aromatic carbocycles. The highest BCUT2D eigenvalue weighted by Crippen LogP contribution is 2.55. The molecule has 12 heteroatoms. The molecule has 0 aromatic heterocycles. The zero-order valence-electron chi connectivity index (χ0n) is 17.3. The normalized spacial score (nSPS) is 29.2. The van der Waals surface area contributed by atoms with Crippen LogP contribution >= 0.6 is 0 Å². The largest absolute Gasteiger partial charge is 0.446 e. The van der Waals surface area contributed by atoms with Gasteiger partial charge in [-0.15, -0.1) is 0 Å². The molecule has 4 fully saturated rings. The number of carbonyl (C=O) groups excluding carboxylic acids is 2. The van der Waals surface area contributed by atoms with E-state index in [1.165, 1.54) is 0 Å². The molecule has 0 aliphatic heterocycles. The van der Waals surface area contributed by atoms with E-state index in [0.717, 1.165) is 37.5 Å². The van der Waals surface area contributed by atoms with Crippen molar-refractivity contribution in [2.75, 3.05) is 6.61 Å². The number of rotatable bonds is 7. The first-order valence-corrected chi connectivity index (χ1v) is 11.9. The number of alkyl halides is 5. The fraction of sp³-hybridized carbons (Fsp3) is 0.619. The van der Waals surface area contributed by atoms with E-state index in [1.54, 1.807) is 0 Å². The van der Waals surface area contributed by atoms with E-state index in [9.17, 15) is 40.0 Å². The van der Waals surface area contributed by atoms with E-state index in [2.05, 4.69) is 9.50 Å². The van der Waals surface area contributed by atoms with Gasteiger partial charge in [-0.25, -0.2) is 0 Å². The second-order valence-electron chi connectivity index (χ2n) is 9.35. The Labute approximate surface area is 187 Å². The topological polar surface area (TPSA) is 89.5 Å². The first kappa shape index (κ1) is 24.1. The molecule has 0 radical (unpaired) electrons. The molecule has 0 heterocycles. The van der Waals surface area contributed by atoms with Crippen LogP contribution in [-0.4, -0.2) is 37.5 Å². The molecule has 0 unspecified atom stereocenters. The molecule has 1 N–H and O–H groups in total. The van der Waals surface area contributed by atoms with Crippen LogP contribution in [0.1, 0.15) is 54.4 Å². The van der Waals surface area contributed by atoms with Crippen molar-refractivity contribution >= 4 is 21.8 Å². The van der Waals surface area contributed by atoms with Gasteiger partial charge >= 0.3 is 27.5 Å². The molecule has 4 bridgehead atoms. The minimum atomic E-state index is -5.94. The average Bonchev–Trinajstić information content (AvgIpc) is 2.70. The molecule has 4 aliphatic carbocycles. The summed E-state index contributed by atoms with van der Waals surface area (Å²) in [5.41, 5.74) is -3.18. The Morgan fingerprint density at radius 2 is 1.48 bits per heavy atom. The van der Waals surface area contributed by atoms with E-state index >= 15 is 0 Å². The predicted molar refractivity (Wildman–Crippen MR) is 105 cm³/mol. The van der Waals surface area contributed by atoms with Crippen LogP contribution in [0.4, 0.5) is 22.0 Å². The summed E-state index contributed by atoms with van der Waals surface area (Å²) in [6.45, 7) is -1.60. The molecule has 33 heavy (non-hydrogen) atoms. The third-order valence-electron chi connectivity index (χ3n) is 6.87. The van der Waals surface area contributed by atoms with Crippen molar-refractivity contribution in [1.82, 2.24) is 5.32 Å². The minimum absolute atomic E-state index is 0.296. The molecule has 0 saturated heterocycles. The number of hydrogen-bond acceptors (Lipinski definition) is 5. The monoisotopic (exact) mass is 495 g/mol. The first-order valence-electron chi connectivity index (χ1n) is 10.5. The third kappa shape index (κ3) is 4.51. The number of nitrogens with one attached hydrogen (secondary N) is 1. The molecule has 4 aliphatic rings. The number of halogens is 5. The Hall–Kier alpha value is -2.08. The van der Waals surface area contributed by atoms with Gasteiger partial charge < -0.3 is 5.32 Å². The van der Waals surface area contributed by atoms with Gasteiger partial charge in [0, 0.05) is 11.1 Å². The van der Waals surface area contributed by atoms with Crippen LogP contribution in [0.15, 0.2) is 24.3 Å². The molecule has 182 valence electrons. The highest BCUT2D eigenvalue weighted by atomic mass is 32.2. The molecule has 1 aromatic rings. The van der Waals surface area contributed by atoms with Crippen LogP contribution in [0, 0.1) is 17.8 Å². The van der Waals surface area contributed by atoms with Crippen LogP contribution in [0.2, 0.25) is 0 Å². The van der Waals surface area contributed by atoms with E-state index in [1.807, 2.05) is 0 Å². The molecule has 6 nitrogen and oxygen atoms in total. The molecular weight excluding hydrogens is 473 g/mol. The van der Waals surface area contributed by atoms with Crippen molar-refractivity contribution in [2.45, 2.75) is 55.5 Å². The van der Waals surface area contributed by atoms with Crippen molar-refractivity contribution in [1.29, 1.82) is 0 Å². The Bertz CT molecular complexity index is 1030. The Morgan fingerprint density at radius 1 is 0.970 bits per heavy atom. The maximum Gasteiger partial charge on any atom is 0.446 e. The Morgan fingerprint density at radius 3 is 2.00 bits per heavy atom. The highest BCUT2D eigenvalue weighted by Gasteiger charge is 2.59. The standard InChI is InChI=1S/C21H22F5NO5S/c22-20(23,24)16-4-2-1-3-15(16)17(28)11-32-33(30,31)21(25,26)18(29)27-19-8-12-5-13(9-19)7-14(6-12)10-19/h1-4,12-14H,5-11H2,(H,27,29). The van der Waals surface area contributed by atoms with Crippen molar-refractivity contribution < 1.29 is 44.1 Å². The summed E-state index contributed by atoms with van der Waals surface area (Å²) in [4.78, 5) is 24.5. The van der Waals surface area contributed by atoms with Crippen LogP contribution in [0.5, 0.6) is 0 Å². The maximum atomic E-state index is 14.6. The number of Topliss-reactive ketones (excluding diaryl/α,β-unsaturated/α-hetero) is 1. The van der Waals surface area contributed by atoms with Gasteiger partial charge in [-0.2, -0.15) is 30.4 Å². The Balaban J connectivity index is 1.45. The molecule has 4 saturated carbocycles. The molecule has 0 spiro atoms. The summed E-state index contributed by atoms with van der Waals surface area (Å²) < 4.78 is 96.6. The highest BCUT2D eigenvalue weighted by molar-refractivity contribution is 7.88. The van der Waals surface area contributed by atoms with Crippen LogP contribution in [-0.2, 0) is 25.3 Å². The van der Waals surface area contributed by atoms with Gasteiger partial charge in [0.15, 0.2) is 5.78 Å². The van der Waals surface area contributed by atoms with Gasteiger partial charge in [0.25, 0.3) is 0 Å². The summed E-state index contributed by atoms with van der Waals surface area (Å²) in [5, 5.41) is -2.78. The SMILES string of the molecule is O=C(COS(=O)(=O)C(F)(F)C(=O)NC12CC3CC(CC(C3)C1)C2)c1ccccc1C(F)(F)F. The van der Waals surface area contributed by atoms with Gasteiger partial charge in [-0.3, -0.25) is 13.8 Å². The summed E-state index contributed by atoms with van der Waals surface area (Å²) >= 11 is 0. The lowest BCUT2D eigenvalue weighted by Crippen LogP contribution is -2.63. The summed E-state index contributed by atoms with van der Waals surface area (Å²) in [6, 6.07) is 3.49. The van der Waals surface area contributed by atoms with E-state index in [-0.39, 0.29) is 0 Å². The quantitative estimate of drug-likeness (QED) is 0.352. The van der Waals surface area contributed by atoms with Crippen LogP contribution in [0.3, 0.4) is 0 Å². The fourth-order valence-electron chi connectivity index (χ4n) is 5.95. The van der Waals surface area contributed by atoms with Gasteiger partial charge in [0.2, 0.25) is 0 Å². The lowest BCUT2D eigenvalue weighted by molar-refractivity contribution is -0.142. The number of ketones is 1. The van der Waals surface area contributed by atoms with Crippen LogP contribution in [0.25, 0.3) is 0 Å². The van der Waals surface area contributed by atoms with Gasteiger partial charge in [-0.05, 0) is 62.3 Å². The van der Waals surface area contributed by atoms with Crippen LogP contribution < -0.4 is 5.32 Å². The first-order chi connectivity index (χ1) is 15.2. The van der Waals surface area contributed by atoms with Gasteiger partial charge in [0.05, 0.1) is 5.56 Å². The summed E-state index contributed by atoms with van der Waals surface area (Å²) in [6.07, 6.45) is -0.540. The molecule has 5 rings (SSSR count). The number of benzene rings is 1.